The van der Waals surface area contributed by atoms with Gasteiger partial charge in [-0.3, -0.25) is 0 Å². The molecule has 96 valence electrons. The van der Waals surface area contributed by atoms with Crippen LogP contribution in [-0.4, -0.2) is 24.3 Å². The van der Waals surface area contributed by atoms with E-state index in [2.05, 4.69) is 10.3 Å². The van der Waals surface area contributed by atoms with Gasteiger partial charge in [-0.25, -0.2) is 4.98 Å². The number of hydrogen-bond acceptors (Lipinski definition) is 3. The highest BCUT2D eigenvalue weighted by Crippen LogP contribution is 2.24. The van der Waals surface area contributed by atoms with Gasteiger partial charge < -0.3 is 10.1 Å². The van der Waals surface area contributed by atoms with Gasteiger partial charge in [-0.2, -0.15) is 13.2 Å². The Labute approximate surface area is 98.0 Å². The van der Waals surface area contributed by atoms with Crippen molar-refractivity contribution in [2.24, 2.45) is 0 Å². The van der Waals surface area contributed by atoms with E-state index >= 15 is 0 Å². The summed E-state index contributed by atoms with van der Waals surface area (Å²) in [6.07, 6.45) is -6.23. The summed E-state index contributed by atoms with van der Waals surface area (Å²) in [6.45, 7) is 3.31. The first kappa shape index (κ1) is 13.8. The summed E-state index contributed by atoms with van der Waals surface area (Å²) in [5.74, 6) is -0.00724. The van der Waals surface area contributed by atoms with Gasteiger partial charge in [-0.05, 0) is 26.5 Å². The Hall–Kier alpha value is -1.30. The average Bonchev–Trinajstić information content (AvgIpc) is 2.21. The van der Waals surface area contributed by atoms with Crippen molar-refractivity contribution >= 4 is 0 Å². The quantitative estimate of drug-likeness (QED) is 0.888. The van der Waals surface area contributed by atoms with Gasteiger partial charge in [-0.15, -0.1) is 0 Å². The molecule has 0 saturated heterocycles. The second kappa shape index (κ2) is 5.35. The molecule has 0 bridgehead atoms. The lowest BCUT2D eigenvalue weighted by Gasteiger charge is -2.17. The summed E-state index contributed by atoms with van der Waals surface area (Å²) < 4.78 is 41.6. The molecule has 0 amide bonds. The van der Waals surface area contributed by atoms with Gasteiger partial charge in [0.25, 0.3) is 0 Å². The zero-order valence-corrected chi connectivity index (χ0v) is 9.93. The van der Waals surface area contributed by atoms with Crippen molar-refractivity contribution in [3.8, 4) is 5.88 Å². The number of hydrogen-bond donors (Lipinski definition) is 1. The molecule has 0 aromatic carbocycles. The lowest BCUT2D eigenvalue weighted by molar-refractivity contribution is -0.190. The molecule has 0 aliphatic heterocycles. The normalized spacial score (nSPS) is 13.5. The maximum atomic E-state index is 12.3. The number of nitrogens with one attached hydrogen (secondary N) is 1. The molecule has 0 saturated carbocycles. The molecule has 1 atom stereocenters. The highest BCUT2D eigenvalue weighted by atomic mass is 19.4. The maximum Gasteiger partial charge on any atom is 0.425 e. The number of halogens is 3. The zero-order valence-electron chi connectivity index (χ0n) is 9.93. The first-order chi connectivity index (χ1) is 7.84. The third kappa shape index (κ3) is 3.89. The minimum Gasteiger partial charge on any atom is -0.465 e. The van der Waals surface area contributed by atoms with E-state index in [9.17, 15) is 13.2 Å². The van der Waals surface area contributed by atoms with E-state index in [1.165, 1.54) is 6.07 Å². The summed E-state index contributed by atoms with van der Waals surface area (Å²) in [4.78, 5) is 3.98. The van der Waals surface area contributed by atoms with Gasteiger partial charge in [0.05, 0.1) is 0 Å². The molecule has 1 aromatic rings. The van der Waals surface area contributed by atoms with Crippen molar-refractivity contribution in [1.29, 1.82) is 0 Å². The number of rotatable bonds is 4. The van der Waals surface area contributed by atoms with Crippen molar-refractivity contribution in [3.63, 3.8) is 0 Å². The van der Waals surface area contributed by atoms with Crippen LogP contribution in [0.1, 0.15) is 18.2 Å². The highest BCUT2D eigenvalue weighted by molar-refractivity contribution is 5.25. The SMILES string of the molecule is CNCc1ccc(OC(C)C(F)(F)F)nc1C. The van der Waals surface area contributed by atoms with Crippen LogP contribution in [0.4, 0.5) is 13.2 Å². The maximum absolute atomic E-state index is 12.3. The van der Waals surface area contributed by atoms with Crippen molar-refractivity contribution < 1.29 is 17.9 Å². The molecule has 1 aromatic heterocycles. The Kier molecular flexibility index (Phi) is 4.34. The molecule has 1 heterocycles. The second-order valence-electron chi connectivity index (χ2n) is 3.73. The molecule has 1 unspecified atom stereocenters. The lowest BCUT2D eigenvalue weighted by atomic mass is 10.2. The van der Waals surface area contributed by atoms with E-state index < -0.39 is 12.3 Å². The molecule has 17 heavy (non-hydrogen) atoms. The molecule has 0 aliphatic rings. The van der Waals surface area contributed by atoms with Crippen molar-refractivity contribution in [2.75, 3.05) is 7.05 Å². The molecule has 1 rings (SSSR count). The van der Waals surface area contributed by atoms with Crippen LogP contribution in [0.2, 0.25) is 0 Å². The Morgan fingerprint density at radius 1 is 1.41 bits per heavy atom. The Balaban J connectivity index is 2.77. The van der Waals surface area contributed by atoms with Crippen LogP contribution in [0.15, 0.2) is 12.1 Å². The smallest absolute Gasteiger partial charge is 0.425 e. The average molecular weight is 248 g/mol. The number of pyridine rings is 1. The first-order valence-electron chi connectivity index (χ1n) is 5.19. The van der Waals surface area contributed by atoms with Crippen LogP contribution in [0, 0.1) is 6.92 Å². The number of aromatic nitrogens is 1. The number of aryl methyl sites for hydroxylation is 1. The fourth-order valence-electron chi connectivity index (χ4n) is 1.26. The minimum atomic E-state index is -4.38. The number of nitrogens with zero attached hydrogens (tertiary/aromatic N) is 1. The summed E-state index contributed by atoms with van der Waals surface area (Å²) in [5, 5.41) is 2.95. The Morgan fingerprint density at radius 2 is 2.06 bits per heavy atom. The van der Waals surface area contributed by atoms with E-state index in [4.69, 9.17) is 4.74 Å². The van der Waals surface area contributed by atoms with Crippen LogP contribution in [-0.2, 0) is 6.54 Å². The van der Waals surface area contributed by atoms with Gasteiger partial charge in [0.2, 0.25) is 5.88 Å². The van der Waals surface area contributed by atoms with Crippen LogP contribution < -0.4 is 10.1 Å². The van der Waals surface area contributed by atoms with Gasteiger partial charge in [-0.1, -0.05) is 6.07 Å². The van der Waals surface area contributed by atoms with Crippen molar-refractivity contribution in [2.45, 2.75) is 32.7 Å². The summed E-state index contributed by atoms with van der Waals surface area (Å²) in [5.41, 5.74) is 1.59. The molecule has 0 aliphatic carbocycles. The molecule has 3 nitrogen and oxygen atoms in total. The van der Waals surface area contributed by atoms with Gasteiger partial charge in [0, 0.05) is 18.3 Å². The monoisotopic (exact) mass is 248 g/mol. The molecule has 1 N–H and O–H groups in total. The fourth-order valence-corrected chi connectivity index (χ4v) is 1.26. The summed E-state index contributed by atoms with van der Waals surface area (Å²) in [7, 11) is 1.79. The molecule has 6 heteroatoms. The predicted molar refractivity (Wildman–Crippen MR) is 57.9 cm³/mol. The summed E-state index contributed by atoms with van der Waals surface area (Å²) in [6, 6.07) is 3.15. The zero-order chi connectivity index (χ0) is 13.1. The lowest BCUT2D eigenvalue weighted by Crippen LogP contribution is -2.31. The molecule has 0 fully saturated rings. The van der Waals surface area contributed by atoms with Crippen LogP contribution in [0.5, 0.6) is 5.88 Å². The number of ether oxygens (including phenoxy) is 1. The first-order valence-corrected chi connectivity index (χ1v) is 5.19. The van der Waals surface area contributed by atoms with Gasteiger partial charge in [0.15, 0.2) is 6.10 Å². The largest absolute Gasteiger partial charge is 0.465 e. The van der Waals surface area contributed by atoms with Crippen LogP contribution >= 0.6 is 0 Å². The third-order valence-corrected chi connectivity index (χ3v) is 2.30. The van der Waals surface area contributed by atoms with E-state index in [-0.39, 0.29) is 5.88 Å². The standard InChI is InChI=1S/C11H15F3N2O/c1-7-9(6-15-3)4-5-10(16-7)17-8(2)11(12,13)14/h4-5,8,15H,6H2,1-3H3. The van der Waals surface area contributed by atoms with E-state index in [1.54, 1.807) is 20.0 Å². The van der Waals surface area contributed by atoms with E-state index in [1.807, 2.05) is 0 Å². The van der Waals surface area contributed by atoms with Crippen molar-refractivity contribution in [3.05, 3.63) is 23.4 Å². The molecular weight excluding hydrogens is 233 g/mol. The minimum absolute atomic E-state index is 0.00724. The summed E-state index contributed by atoms with van der Waals surface area (Å²) >= 11 is 0. The van der Waals surface area contributed by atoms with E-state index in [0.717, 1.165) is 12.5 Å². The third-order valence-electron chi connectivity index (χ3n) is 2.30. The van der Waals surface area contributed by atoms with Gasteiger partial charge in [0.1, 0.15) is 0 Å². The topological polar surface area (TPSA) is 34.1 Å². The second-order valence-corrected chi connectivity index (χ2v) is 3.73. The van der Waals surface area contributed by atoms with Crippen LogP contribution in [0.3, 0.4) is 0 Å². The fraction of sp³-hybridized carbons (Fsp3) is 0.545. The molecular formula is C11H15F3N2O. The van der Waals surface area contributed by atoms with Crippen molar-refractivity contribution in [1.82, 2.24) is 10.3 Å². The van der Waals surface area contributed by atoms with Gasteiger partial charge >= 0.3 is 6.18 Å². The Bertz CT molecular complexity index is 379. The predicted octanol–water partition coefficient (Wildman–Crippen LogP) is 2.44. The molecule has 0 radical (unpaired) electrons. The number of alkyl halides is 3. The Morgan fingerprint density at radius 3 is 2.53 bits per heavy atom. The van der Waals surface area contributed by atoms with E-state index in [0.29, 0.717) is 12.2 Å². The van der Waals surface area contributed by atoms with Crippen LogP contribution in [0.25, 0.3) is 0 Å². The molecule has 0 spiro atoms. The highest BCUT2D eigenvalue weighted by Gasteiger charge is 2.38.